The zero-order valence-electron chi connectivity index (χ0n) is 10.5. The molecule has 0 bridgehead atoms. The number of aromatic nitrogens is 1. The average Bonchev–Trinajstić information content (AvgIpc) is 2.36. The monoisotopic (exact) mass is 319 g/mol. The first-order valence-corrected chi connectivity index (χ1v) is 6.65. The van der Waals surface area contributed by atoms with Crippen LogP contribution in [-0.2, 0) is 6.54 Å². The number of halogens is 1. The molecule has 0 fully saturated rings. The largest absolute Gasteiger partial charge is 0.334 e. The Labute approximate surface area is 120 Å². The van der Waals surface area contributed by atoms with Crippen molar-refractivity contribution in [2.75, 3.05) is 5.32 Å². The van der Waals surface area contributed by atoms with Crippen molar-refractivity contribution in [1.82, 2.24) is 10.3 Å². The van der Waals surface area contributed by atoms with Crippen LogP contribution in [0.25, 0.3) is 0 Å². The highest BCUT2D eigenvalue weighted by Gasteiger charge is 2.02. The molecule has 0 saturated heterocycles. The van der Waals surface area contributed by atoms with E-state index in [1.54, 1.807) is 6.20 Å². The molecule has 19 heavy (non-hydrogen) atoms. The molecule has 0 spiro atoms. The predicted octanol–water partition coefficient (Wildman–Crippen LogP) is 3.47. The van der Waals surface area contributed by atoms with Crippen LogP contribution in [0.3, 0.4) is 0 Å². The van der Waals surface area contributed by atoms with Crippen molar-refractivity contribution in [3.05, 3.63) is 58.2 Å². The van der Waals surface area contributed by atoms with E-state index >= 15 is 0 Å². The molecule has 0 radical (unpaired) electrons. The number of anilines is 1. The molecule has 2 N–H and O–H groups in total. The van der Waals surface area contributed by atoms with Gasteiger partial charge >= 0.3 is 6.03 Å². The summed E-state index contributed by atoms with van der Waals surface area (Å²) in [6.45, 7) is 2.42. The molecule has 1 aromatic carbocycles. The van der Waals surface area contributed by atoms with Crippen LogP contribution >= 0.6 is 15.9 Å². The lowest BCUT2D eigenvalue weighted by Crippen LogP contribution is -2.28. The van der Waals surface area contributed by atoms with Crippen LogP contribution in [0, 0.1) is 6.92 Å². The Morgan fingerprint density at radius 3 is 2.89 bits per heavy atom. The van der Waals surface area contributed by atoms with E-state index in [2.05, 4.69) is 31.5 Å². The minimum Gasteiger partial charge on any atom is -0.334 e. The molecule has 2 rings (SSSR count). The second kappa shape index (κ2) is 6.33. The number of benzene rings is 1. The number of nitrogens with one attached hydrogen (secondary N) is 2. The second-order valence-electron chi connectivity index (χ2n) is 4.16. The van der Waals surface area contributed by atoms with Crippen molar-refractivity contribution in [2.45, 2.75) is 13.5 Å². The highest BCUT2D eigenvalue weighted by Crippen LogP contribution is 2.11. The van der Waals surface area contributed by atoms with Crippen LogP contribution in [-0.4, -0.2) is 11.0 Å². The average molecular weight is 320 g/mol. The van der Waals surface area contributed by atoms with Gasteiger partial charge in [0.2, 0.25) is 0 Å². The molecule has 98 valence electrons. The third-order valence-electron chi connectivity index (χ3n) is 2.50. The summed E-state index contributed by atoms with van der Waals surface area (Å²) in [5.74, 6) is 0.548. The summed E-state index contributed by atoms with van der Waals surface area (Å²) in [7, 11) is 0. The first kappa shape index (κ1) is 13.5. The maximum absolute atomic E-state index is 11.7. The molecule has 2 amide bonds. The summed E-state index contributed by atoms with van der Waals surface area (Å²) in [6, 6.07) is 11.2. The minimum absolute atomic E-state index is 0.266. The van der Waals surface area contributed by atoms with Gasteiger partial charge in [-0.15, -0.1) is 0 Å². The van der Waals surface area contributed by atoms with Crippen molar-refractivity contribution >= 4 is 27.8 Å². The Balaban J connectivity index is 1.88. The molecule has 0 aliphatic carbocycles. The number of rotatable bonds is 3. The van der Waals surface area contributed by atoms with Crippen LogP contribution in [0.2, 0.25) is 0 Å². The zero-order valence-corrected chi connectivity index (χ0v) is 12.1. The maximum Gasteiger partial charge on any atom is 0.320 e. The standard InChI is InChI=1S/C14H14BrN3O/c1-10-5-6-16-13(7-10)18-14(19)17-9-11-3-2-4-12(15)8-11/h2-8H,9H2,1H3,(H2,16,17,18,19). The fourth-order valence-corrected chi connectivity index (χ4v) is 2.04. The van der Waals surface area contributed by atoms with Crippen LogP contribution in [0.4, 0.5) is 10.6 Å². The third kappa shape index (κ3) is 4.37. The van der Waals surface area contributed by atoms with Gasteiger partial charge in [-0.2, -0.15) is 0 Å². The summed E-state index contributed by atoms with van der Waals surface area (Å²) in [6.07, 6.45) is 1.67. The normalized spacial score (nSPS) is 10.0. The lowest BCUT2D eigenvalue weighted by atomic mass is 10.2. The molecule has 0 saturated carbocycles. The molecule has 0 atom stereocenters. The Morgan fingerprint density at radius 2 is 2.16 bits per heavy atom. The van der Waals surface area contributed by atoms with Crippen LogP contribution in [0.1, 0.15) is 11.1 Å². The molecule has 0 aliphatic heterocycles. The number of hydrogen-bond donors (Lipinski definition) is 2. The number of carbonyl (C=O) groups excluding carboxylic acids is 1. The topological polar surface area (TPSA) is 54.0 Å². The van der Waals surface area contributed by atoms with Gasteiger partial charge in [0.1, 0.15) is 5.82 Å². The van der Waals surface area contributed by atoms with E-state index in [4.69, 9.17) is 0 Å². The zero-order chi connectivity index (χ0) is 13.7. The molecule has 2 aromatic rings. The Bertz CT molecular complexity index is 586. The summed E-state index contributed by atoms with van der Waals surface area (Å²) >= 11 is 3.39. The van der Waals surface area contributed by atoms with Gasteiger partial charge in [0, 0.05) is 17.2 Å². The lowest BCUT2D eigenvalue weighted by Gasteiger charge is -2.07. The van der Waals surface area contributed by atoms with Crippen molar-refractivity contribution in [3.8, 4) is 0 Å². The van der Waals surface area contributed by atoms with E-state index in [-0.39, 0.29) is 6.03 Å². The maximum atomic E-state index is 11.7. The van der Waals surface area contributed by atoms with Crippen LogP contribution in [0.15, 0.2) is 47.1 Å². The Hall–Kier alpha value is -1.88. The predicted molar refractivity (Wildman–Crippen MR) is 79.0 cm³/mol. The van der Waals surface area contributed by atoms with Crippen molar-refractivity contribution in [1.29, 1.82) is 0 Å². The summed E-state index contributed by atoms with van der Waals surface area (Å²) in [4.78, 5) is 15.8. The number of carbonyl (C=O) groups is 1. The minimum atomic E-state index is -0.266. The van der Waals surface area contributed by atoms with Crippen LogP contribution in [0.5, 0.6) is 0 Å². The fourth-order valence-electron chi connectivity index (χ4n) is 1.59. The number of pyridine rings is 1. The fraction of sp³-hybridized carbons (Fsp3) is 0.143. The lowest BCUT2D eigenvalue weighted by molar-refractivity contribution is 0.251. The van der Waals surface area contributed by atoms with Gasteiger partial charge in [-0.3, -0.25) is 5.32 Å². The number of nitrogens with zero attached hydrogens (tertiary/aromatic N) is 1. The van der Waals surface area contributed by atoms with Crippen LogP contribution < -0.4 is 10.6 Å². The highest BCUT2D eigenvalue weighted by atomic mass is 79.9. The molecule has 1 aromatic heterocycles. The number of aryl methyl sites for hydroxylation is 1. The van der Waals surface area contributed by atoms with Gasteiger partial charge in [0.15, 0.2) is 0 Å². The quantitative estimate of drug-likeness (QED) is 0.910. The van der Waals surface area contributed by atoms with E-state index in [1.807, 2.05) is 43.3 Å². The number of hydrogen-bond acceptors (Lipinski definition) is 2. The smallest absolute Gasteiger partial charge is 0.320 e. The van der Waals surface area contributed by atoms with E-state index in [0.717, 1.165) is 15.6 Å². The second-order valence-corrected chi connectivity index (χ2v) is 5.07. The van der Waals surface area contributed by atoms with E-state index in [1.165, 1.54) is 0 Å². The summed E-state index contributed by atoms with van der Waals surface area (Å²) < 4.78 is 0.993. The first-order chi connectivity index (χ1) is 9.13. The molecule has 0 unspecified atom stereocenters. The van der Waals surface area contributed by atoms with E-state index < -0.39 is 0 Å². The molecule has 4 nitrogen and oxygen atoms in total. The van der Waals surface area contributed by atoms with Gasteiger partial charge in [0.25, 0.3) is 0 Å². The van der Waals surface area contributed by atoms with Gasteiger partial charge < -0.3 is 5.32 Å². The number of urea groups is 1. The highest BCUT2D eigenvalue weighted by molar-refractivity contribution is 9.10. The molecule has 0 aliphatic rings. The van der Waals surface area contributed by atoms with Crippen molar-refractivity contribution in [3.63, 3.8) is 0 Å². The van der Waals surface area contributed by atoms with Gasteiger partial charge in [-0.25, -0.2) is 9.78 Å². The third-order valence-corrected chi connectivity index (χ3v) is 2.99. The van der Waals surface area contributed by atoms with Gasteiger partial charge in [0.05, 0.1) is 0 Å². The molecular formula is C14H14BrN3O. The Morgan fingerprint density at radius 1 is 1.32 bits per heavy atom. The first-order valence-electron chi connectivity index (χ1n) is 5.85. The Kier molecular flexibility index (Phi) is 4.52. The van der Waals surface area contributed by atoms with E-state index in [0.29, 0.717) is 12.4 Å². The van der Waals surface area contributed by atoms with E-state index in [9.17, 15) is 4.79 Å². The number of amides is 2. The summed E-state index contributed by atoms with van der Waals surface area (Å²) in [5.41, 5.74) is 2.08. The summed E-state index contributed by atoms with van der Waals surface area (Å²) in [5, 5.41) is 5.48. The molecular weight excluding hydrogens is 306 g/mol. The van der Waals surface area contributed by atoms with Gasteiger partial charge in [-0.1, -0.05) is 28.1 Å². The van der Waals surface area contributed by atoms with Gasteiger partial charge in [-0.05, 0) is 42.3 Å². The molecule has 1 heterocycles. The van der Waals surface area contributed by atoms with Crippen molar-refractivity contribution in [2.24, 2.45) is 0 Å². The van der Waals surface area contributed by atoms with Crippen molar-refractivity contribution < 1.29 is 4.79 Å². The SMILES string of the molecule is Cc1ccnc(NC(=O)NCc2cccc(Br)c2)c1. The molecule has 5 heteroatoms.